The zero-order valence-corrected chi connectivity index (χ0v) is 51.3. The standard InChI is InChI=1S/C46H28N2S2.C18H13BO2S.C10H6Br2N2/c1-3-19-43-37(13-1)39-17-7-15-35(45(39)49-43)33-11-5-9-29(25-33)31-21-23-47-41(27-31)42-28-32(22-24-48-42)30-10-6-12-34(26-30)36-16-8-18-40-38-14-2-4-20-44(38)50-46(36)40;20-19(21)13-6-3-5-12(11-13)14-8-4-9-16-15-7-1-2-10-17(15)22-18(14)16;11-7-1-3-13-9(5-7)10-6-8(12)2-4-14-10/h1-28H;1-11,20-21H;1-6H. The molecule has 12 heteroatoms. The van der Waals surface area contributed by atoms with Gasteiger partial charge in [-0.1, -0.05) is 202 Å². The predicted molar refractivity (Wildman–Crippen MR) is 372 cm³/mol. The van der Waals surface area contributed by atoms with Crippen molar-refractivity contribution >= 4 is 139 Å². The Morgan fingerprint density at radius 2 is 0.593 bits per heavy atom. The number of benzene rings is 9. The molecule has 86 heavy (non-hydrogen) atoms. The minimum atomic E-state index is -1.44. The van der Waals surface area contributed by atoms with E-state index >= 15 is 0 Å². The number of fused-ring (bicyclic) bond motifs is 9. The quantitative estimate of drug-likeness (QED) is 0.147. The van der Waals surface area contributed by atoms with Gasteiger partial charge in [-0.05, 0) is 140 Å². The summed E-state index contributed by atoms with van der Waals surface area (Å²) in [6.07, 6.45) is 7.29. The van der Waals surface area contributed by atoms with Gasteiger partial charge in [0.2, 0.25) is 0 Å². The van der Waals surface area contributed by atoms with Crippen molar-refractivity contribution in [2.45, 2.75) is 0 Å². The van der Waals surface area contributed by atoms with Crippen molar-refractivity contribution in [3.8, 4) is 78.4 Å². The number of rotatable bonds is 8. The second-order valence-electron chi connectivity index (χ2n) is 20.6. The zero-order valence-electron chi connectivity index (χ0n) is 45.7. The minimum Gasteiger partial charge on any atom is -0.423 e. The van der Waals surface area contributed by atoms with E-state index in [2.05, 4.69) is 242 Å². The van der Waals surface area contributed by atoms with Crippen LogP contribution in [-0.2, 0) is 0 Å². The fourth-order valence-electron chi connectivity index (χ4n) is 11.1. The summed E-state index contributed by atoms with van der Waals surface area (Å²) in [5, 5.41) is 26.5. The molecule has 0 bridgehead atoms. The number of nitrogens with zero attached hydrogens (tertiary/aromatic N) is 4. The lowest BCUT2D eigenvalue weighted by Gasteiger charge is -2.10. The van der Waals surface area contributed by atoms with Crippen molar-refractivity contribution in [1.82, 2.24) is 19.9 Å². The van der Waals surface area contributed by atoms with Crippen molar-refractivity contribution in [2.75, 3.05) is 0 Å². The van der Waals surface area contributed by atoms with Crippen LogP contribution in [0.4, 0.5) is 0 Å². The number of aromatic nitrogens is 4. The molecule has 2 N–H and O–H groups in total. The molecule has 0 saturated heterocycles. The van der Waals surface area contributed by atoms with Crippen molar-refractivity contribution in [1.29, 1.82) is 0 Å². The summed E-state index contributed by atoms with van der Waals surface area (Å²) in [7, 11) is -1.44. The molecule has 0 aliphatic rings. The summed E-state index contributed by atoms with van der Waals surface area (Å²) >= 11 is 12.3. The maximum absolute atomic E-state index is 9.38. The van der Waals surface area contributed by atoms with Gasteiger partial charge in [-0.2, -0.15) is 0 Å². The van der Waals surface area contributed by atoms with Gasteiger partial charge < -0.3 is 10.0 Å². The van der Waals surface area contributed by atoms with Gasteiger partial charge in [0, 0.05) is 94.2 Å². The molecule has 0 fully saturated rings. The molecule has 0 saturated carbocycles. The molecular formula is C74H47BBr2N4O2S3. The second kappa shape index (κ2) is 24.3. The first-order valence-electron chi connectivity index (χ1n) is 27.8. The first kappa shape index (κ1) is 55.1. The Labute approximate surface area is 525 Å². The maximum Gasteiger partial charge on any atom is 0.488 e. The summed E-state index contributed by atoms with van der Waals surface area (Å²) in [5.74, 6) is 0. The molecule has 0 aliphatic carbocycles. The number of halogens is 2. The first-order valence-corrected chi connectivity index (χ1v) is 31.8. The van der Waals surface area contributed by atoms with E-state index in [-0.39, 0.29) is 0 Å². The fraction of sp³-hybridized carbons (Fsp3) is 0. The molecular weight excluding hydrogens is 1240 g/mol. The minimum absolute atomic E-state index is 0.510. The monoisotopic (exact) mass is 1290 g/mol. The van der Waals surface area contributed by atoms with Crippen molar-refractivity contribution in [3.63, 3.8) is 0 Å². The molecule has 6 nitrogen and oxygen atoms in total. The third kappa shape index (κ3) is 11.2. The molecule has 9 aromatic carbocycles. The van der Waals surface area contributed by atoms with Crippen LogP contribution in [0, 0.1) is 0 Å². The van der Waals surface area contributed by atoms with Crippen LogP contribution in [0.25, 0.3) is 139 Å². The molecule has 16 rings (SSSR count). The molecule has 7 heterocycles. The average Bonchev–Trinajstić information content (AvgIpc) is 3.01. The summed E-state index contributed by atoms with van der Waals surface area (Å²) in [6, 6.07) is 86.6. The van der Waals surface area contributed by atoms with Crippen LogP contribution in [0.5, 0.6) is 0 Å². The van der Waals surface area contributed by atoms with Crippen LogP contribution in [-0.4, -0.2) is 37.1 Å². The average molecular weight is 1290 g/mol. The highest BCUT2D eigenvalue weighted by Crippen LogP contribution is 2.44. The second-order valence-corrected chi connectivity index (χ2v) is 25.6. The van der Waals surface area contributed by atoms with Gasteiger partial charge in [0.05, 0.1) is 22.8 Å². The summed E-state index contributed by atoms with van der Waals surface area (Å²) in [5.41, 5.74) is 15.6. The highest BCUT2D eigenvalue weighted by Gasteiger charge is 2.17. The maximum atomic E-state index is 9.38. The van der Waals surface area contributed by atoms with E-state index in [4.69, 9.17) is 9.97 Å². The number of hydrogen-bond donors (Lipinski definition) is 2. The predicted octanol–water partition coefficient (Wildman–Crippen LogP) is 20.6. The van der Waals surface area contributed by atoms with Gasteiger partial charge in [0.15, 0.2) is 0 Å². The fourth-order valence-corrected chi connectivity index (χ4v) is 15.5. The molecule has 0 spiro atoms. The first-order chi connectivity index (χ1) is 42.3. The van der Waals surface area contributed by atoms with Gasteiger partial charge in [-0.15, -0.1) is 34.0 Å². The Morgan fingerprint density at radius 1 is 0.279 bits per heavy atom. The van der Waals surface area contributed by atoms with Crippen LogP contribution in [0.1, 0.15) is 0 Å². The van der Waals surface area contributed by atoms with Crippen LogP contribution < -0.4 is 5.46 Å². The Balaban J connectivity index is 0.000000148. The van der Waals surface area contributed by atoms with E-state index in [1.165, 1.54) is 82.8 Å². The Hall–Kier alpha value is -8.82. The van der Waals surface area contributed by atoms with Gasteiger partial charge in [-0.3, -0.25) is 19.9 Å². The van der Waals surface area contributed by atoms with E-state index in [9.17, 15) is 10.0 Å². The lowest BCUT2D eigenvalue weighted by Crippen LogP contribution is -2.29. The summed E-state index contributed by atoms with van der Waals surface area (Å²) in [6.45, 7) is 0. The molecule has 7 aromatic heterocycles. The largest absolute Gasteiger partial charge is 0.488 e. The Kier molecular flexibility index (Phi) is 15.5. The topological polar surface area (TPSA) is 92.0 Å². The molecule has 0 atom stereocenters. The van der Waals surface area contributed by atoms with Gasteiger partial charge >= 0.3 is 7.12 Å². The van der Waals surface area contributed by atoms with Gasteiger partial charge in [-0.25, -0.2) is 0 Å². The number of hydrogen-bond acceptors (Lipinski definition) is 9. The van der Waals surface area contributed by atoms with Crippen LogP contribution in [0.2, 0.25) is 0 Å². The van der Waals surface area contributed by atoms with E-state index in [0.29, 0.717) is 5.46 Å². The third-order valence-electron chi connectivity index (χ3n) is 15.2. The molecule has 0 aliphatic heterocycles. The highest BCUT2D eigenvalue weighted by atomic mass is 79.9. The molecule has 16 aromatic rings. The molecule has 0 unspecified atom stereocenters. The Bertz CT molecular complexity index is 4950. The summed E-state index contributed by atoms with van der Waals surface area (Å²) in [4.78, 5) is 18.0. The zero-order chi connectivity index (χ0) is 58.1. The molecule has 0 amide bonds. The lowest BCUT2D eigenvalue weighted by molar-refractivity contribution is 0.426. The number of thiophene rings is 3. The van der Waals surface area contributed by atoms with E-state index in [1.807, 2.05) is 77.5 Å². The van der Waals surface area contributed by atoms with Crippen LogP contribution >= 0.6 is 65.9 Å². The van der Waals surface area contributed by atoms with Crippen molar-refractivity contribution < 1.29 is 10.0 Å². The van der Waals surface area contributed by atoms with Crippen LogP contribution in [0.15, 0.2) is 282 Å². The normalized spacial score (nSPS) is 11.3. The van der Waals surface area contributed by atoms with E-state index in [1.54, 1.807) is 29.8 Å². The number of pyridine rings is 4. The highest BCUT2D eigenvalue weighted by molar-refractivity contribution is 9.10. The lowest BCUT2D eigenvalue weighted by atomic mass is 9.79. The molecule has 410 valence electrons. The van der Waals surface area contributed by atoms with Gasteiger partial charge in [0.1, 0.15) is 0 Å². The Morgan fingerprint density at radius 3 is 0.988 bits per heavy atom. The third-order valence-corrected chi connectivity index (χ3v) is 19.9. The van der Waals surface area contributed by atoms with Crippen molar-refractivity contribution in [3.05, 3.63) is 282 Å². The van der Waals surface area contributed by atoms with E-state index < -0.39 is 7.12 Å². The SMILES string of the molecule is Brc1ccnc(-c2cc(Br)ccn2)c1.OB(O)c1cccc(-c2cccc3c2sc2ccccc23)c1.c1cc(-c2ccnc(-c3cc(-c4cccc(-c5cccc6c5sc5ccccc56)c4)ccn3)c2)cc(-c2cccc3c2sc2ccccc23)c1. The smallest absolute Gasteiger partial charge is 0.423 e. The van der Waals surface area contributed by atoms with Crippen LogP contribution in [0.3, 0.4) is 0 Å². The molecule has 0 radical (unpaired) electrons. The van der Waals surface area contributed by atoms with E-state index in [0.717, 1.165) is 65.1 Å². The summed E-state index contributed by atoms with van der Waals surface area (Å²) < 4.78 is 9.80. The van der Waals surface area contributed by atoms with Gasteiger partial charge in [0.25, 0.3) is 0 Å². The van der Waals surface area contributed by atoms with Crippen molar-refractivity contribution in [2.24, 2.45) is 0 Å².